The molecule has 0 aliphatic heterocycles. The Balaban J connectivity index is 3.32. The zero-order valence-corrected chi connectivity index (χ0v) is 8.26. The normalized spacial score (nSPS) is 11.8. The molecule has 0 aliphatic rings. The molecule has 0 aromatic heterocycles. The lowest BCUT2D eigenvalue weighted by Crippen LogP contribution is -2.06. The maximum atomic E-state index is 12.7. The molecule has 0 saturated carbocycles. The summed E-state index contributed by atoms with van der Waals surface area (Å²) in [5.74, 6) is -0.989. The standard InChI is InChI=1S/C7H2BrClF4/c8-4-2-5(9)3(1-6(4)10)7(11,12)13/h1-2H. The Morgan fingerprint density at radius 3 is 2.23 bits per heavy atom. The van der Waals surface area contributed by atoms with Gasteiger partial charge in [-0.05, 0) is 28.1 Å². The molecule has 0 spiro atoms. The Kier molecular flexibility index (Phi) is 2.87. The van der Waals surface area contributed by atoms with E-state index in [9.17, 15) is 17.6 Å². The Bertz CT molecular complexity index is 334. The molecule has 1 aromatic carbocycles. The summed E-state index contributed by atoms with van der Waals surface area (Å²) in [5, 5.41) is -0.527. The first kappa shape index (κ1) is 10.8. The van der Waals surface area contributed by atoms with Gasteiger partial charge in [-0.1, -0.05) is 11.6 Å². The topological polar surface area (TPSA) is 0 Å². The van der Waals surface area contributed by atoms with Crippen LogP contribution in [0.4, 0.5) is 17.6 Å². The SMILES string of the molecule is Fc1cc(C(F)(F)F)c(Cl)cc1Br. The molecule has 6 heteroatoms. The quantitative estimate of drug-likeness (QED) is 0.491. The van der Waals surface area contributed by atoms with Crippen LogP contribution < -0.4 is 0 Å². The summed E-state index contributed by atoms with van der Waals surface area (Å²) in [7, 11) is 0. The van der Waals surface area contributed by atoms with E-state index >= 15 is 0 Å². The fraction of sp³-hybridized carbons (Fsp3) is 0.143. The van der Waals surface area contributed by atoms with Crippen LogP contribution in [0.3, 0.4) is 0 Å². The molecule has 0 atom stereocenters. The number of rotatable bonds is 0. The molecule has 0 unspecified atom stereocenters. The second-order valence-electron chi connectivity index (χ2n) is 2.24. The van der Waals surface area contributed by atoms with E-state index in [-0.39, 0.29) is 4.47 Å². The summed E-state index contributed by atoms with van der Waals surface area (Å²) < 4.78 is 48.9. The monoisotopic (exact) mass is 276 g/mol. The van der Waals surface area contributed by atoms with E-state index in [2.05, 4.69) is 15.9 Å². The van der Waals surface area contributed by atoms with Crippen LogP contribution in [-0.4, -0.2) is 0 Å². The summed E-state index contributed by atoms with van der Waals surface area (Å²) in [5.41, 5.74) is -1.17. The highest BCUT2D eigenvalue weighted by Gasteiger charge is 2.34. The Morgan fingerprint density at radius 1 is 1.23 bits per heavy atom. The smallest absolute Gasteiger partial charge is 0.206 e. The highest BCUT2D eigenvalue weighted by Crippen LogP contribution is 2.36. The molecular formula is C7H2BrClF4. The van der Waals surface area contributed by atoms with E-state index in [1.54, 1.807) is 0 Å². The summed E-state index contributed by atoms with van der Waals surface area (Å²) in [6.07, 6.45) is -4.63. The molecule has 0 nitrogen and oxygen atoms in total. The molecule has 13 heavy (non-hydrogen) atoms. The van der Waals surface area contributed by atoms with Crippen LogP contribution in [0.1, 0.15) is 5.56 Å². The molecule has 1 aromatic rings. The lowest BCUT2D eigenvalue weighted by Gasteiger charge is -2.09. The average molecular weight is 277 g/mol. The van der Waals surface area contributed by atoms with Crippen molar-refractivity contribution in [2.24, 2.45) is 0 Å². The van der Waals surface area contributed by atoms with Gasteiger partial charge in [0, 0.05) is 0 Å². The van der Waals surface area contributed by atoms with Crippen LogP contribution in [0.15, 0.2) is 16.6 Å². The number of alkyl halides is 3. The van der Waals surface area contributed by atoms with Gasteiger partial charge in [0.25, 0.3) is 0 Å². The zero-order valence-electron chi connectivity index (χ0n) is 5.92. The molecule has 0 heterocycles. The first-order valence-corrected chi connectivity index (χ1v) is 4.21. The molecule has 0 fully saturated rings. The maximum Gasteiger partial charge on any atom is 0.417 e. The van der Waals surface area contributed by atoms with Crippen molar-refractivity contribution in [1.82, 2.24) is 0 Å². The second kappa shape index (κ2) is 3.46. The largest absolute Gasteiger partial charge is 0.417 e. The summed E-state index contributed by atoms with van der Waals surface area (Å²) >= 11 is 7.99. The molecule has 72 valence electrons. The number of halogens is 6. The van der Waals surface area contributed by atoms with Crippen LogP contribution in [0.5, 0.6) is 0 Å². The van der Waals surface area contributed by atoms with Crippen molar-refractivity contribution in [3.8, 4) is 0 Å². The molecular weight excluding hydrogens is 275 g/mol. The third-order valence-corrected chi connectivity index (χ3v) is 2.24. The summed E-state index contributed by atoms with van der Waals surface area (Å²) in [6.45, 7) is 0. The van der Waals surface area contributed by atoms with Gasteiger partial charge < -0.3 is 0 Å². The molecule has 0 radical (unpaired) electrons. The van der Waals surface area contributed by atoms with Gasteiger partial charge in [0.2, 0.25) is 0 Å². The minimum absolute atomic E-state index is 0.0921. The molecule has 0 amide bonds. The predicted octanol–water partition coefficient (Wildman–Crippen LogP) is 4.26. The minimum atomic E-state index is -4.63. The first-order chi connectivity index (χ1) is 5.82. The van der Waals surface area contributed by atoms with Crippen LogP contribution >= 0.6 is 27.5 Å². The minimum Gasteiger partial charge on any atom is -0.206 e. The third-order valence-electron chi connectivity index (χ3n) is 1.32. The average Bonchev–Trinajstić information content (AvgIpc) is 1.94. The highest BCUT2D eigenvalue weighted by atomic mass is 79.9. The molecule has 0 saturated heterocycles. The first-order valence-electron chi connectivity index (χ1n) is 3.04. The van der Waals surface area contributed by atoms with Crippen molar-refractivity contribution >= 4 is 27.5 Å². The van der Waals surface area contributed by atoms with Crippen molar-refractivity contribution in [3.05, 3.63) is 33.0 Å². The van der Waals surface area contributed by atoms with Gasteiger partial charge in [-0.3, -0.25) is 0 Å². The van der Waals surface area contributed by atoms with Crippen molar-refractivity contribution in [2.75, 3.05) is 0 Å². The van der Waals surface area contributed by atoms with E-state index in [4.69, 9.17) is 11.6 Å². The van der Waals surface area contributed by atoms with Gasteiger partial charge in [-0.2, -0.15) is 13.2 Å². The molecule has 0 bridgehead atoms. The summed E-state index contributed by atoms with van der Waals surface area (Å²) in [6, 6.07) is 1.23. The molecule has 1 rings (SSSR count). The number of hydrogen-bond acceptors (Lipinski definition) is 0. The van der Waals surface area contributed by atoms with E-state index < -0.39 is 22.6 Å². The van der Waals surface area contributed by atoms with Crippen molar-refractivity contribution in [3.63, 3.8) is 0 Å². The number of hydrogen-bond donors (Lipinski definition) is 0. The van der Waals surface area contributed by atoms with Crippen molar-refractivity contribution in [2.45, 2.75) is 6.18 Å². The van der Waals surface area contributed by atoms with Crippen molar-refractivity contribution < 1.29 is 17.6 Å². The van der Waals surface area contributed by atoms with Crippen molar-refractivity contribution in [1.29, 1.82) is 0 Å². The number of benzene rings is 1. The van der Waals surface area contributed by atoms with Crippen LogP contribution in [0, 0.1) is 5.82 Å². The van der Waals surface area contributed by atoms with Gasteiger partial charge >= 0.3 is 6.18 Å². The van der Waals surface area contributed by atoms with Gasteiger partial charge in [0.15, 0.2) is 0 Å². The van der Waals surface area contributed by atoms with Gasteiger partial charge in [-0.25, -0.2) is 4.39 Å². The molecule has 0 aliphatic carbocycles. The van der Waals surface area contributed by atoms with Crippen LogP contribution in [-0.2, 0) is 6.18 Å². The van der Waals surface area contributed by atoms with Gasteiger partial charge in [0.05, 0.1) is 15.1 Å². The van der Waals surface area contributed by atoms with Gasteiger partial charge in [0.1, 0.15) is 5.82 Å². The van der Waals surface area contributed by atoms with Crippen LogP contribution in [0.25, 0.3) is 0 Å². The fourth-order valence-corrected chi connectivity index (χ4v) is 1.49. The van der Waals surface area contributed by atoms with E-state index in [1.807, 2.05) is 0 Å². The van der Waals surface area contributed by atoms with E-state index in [0.717, 1.165) is 6.07 Å². The maximum absolute atomic E-state index is 12.7. The predicted molar refractivity (Wildman–Crippen MR) is 44.1 cm³/mol. The Morgan fingerprint density at radius 2 is 1.77 bits per heavy atom. The Labute approximate surface area is 84.6 Å². The van der Waals surface area contributed by atoms with Crippen LogP contribution in [0.2, 0.25) is 5.02 Å². The third kappa shape index (κ3) is 2.34. The molecule has 0 N–H and O–H groups in total. The second-order valence-corrected chi connectivity index (χ2v) is 3.51. The highest BCUT2D eigenvalue weighted by molar-refractivity contribution is 9.10. The van der Waals surface area contributed by atoms with E-state index in [0.29, 0.717) is 6.07 Å². The summed E-state index contributed by atoms with van der Waals surface area (Å²) in [4.78, 5) is 0. The fourth-order valence-electron chi connectivity index (χ4n) is 0.740. The zero-order chi connectivity index (χ0) is 10.2. The lowest BCUT2D eigenvalue weighted by atomic mass is 10.2. The Hall–Kier alpha value is -0.290. The van der Waals surface area contributed by atoms with E-state index in [1.165, 1.54) is 0 Å². The van der Waals surface area contributed by atoms with Gasteiger partial charge in [-0.15, -0.1) is 0 Å². The lowest BCUT2D eigenvalue weighted by molar-refractivity contribution is -0.137.